The molecule has 27 heavy (non-hydrogen) atoms. The molecule has 0 saturated carbocycles. The standard InChI is InChI=1S/C23H24O4/c1-4-17-10-19-13-26-23(12-21(24)22(25)15(3)27-23)20(19)11-18(17)9-16-7-5-14(2)6-8-16/h1,5-8,10-11,15,21-22,24-25H,9,12-13H2,2-3H3/t15?,21?,22-,23-/m1/s1. The fourth-order valence-corrected chi connectivity index (χ4v) is 4.04. The Balaban J connectivity index is 1.73. The van der Waals surface area contributed by atoms with Crippen molar-refractivity contribution in [1.29, 1.82) is 0 Å². The van der Waals surface area contributed by atoms with Crippen molar-refractivity contribution >= 4 is 0 Å². The molecule has 1 saturated heterocycles. The Morgan fingerprint density at radius 2 is 1.96 bits per heavy atom. The number of hydrogen-bond donors (Lipinski definition) is 2. The van der Waals surface area contributed by atoms with Gasteiger partial charge >= 0.3 is 0 Å². The molecule has 1 fully saturated rings. The van der Waals surface area contributed by atoms with Crippen LogP contribution in [0.25, 0.3) is 0 Å². The average Bonchev–Trinajstić information content (AvgIpc) is 2.98. The van der Waals surface area contributed by atoms with Crippen molar-refractivity contribution in [3.63, 3.8) is 0 Å². The summed E-state index contributed by atoms with van der Waals surface area (Å²) in [4.78, 5) is 0. The third-order valence-electron chi connectivity index (χ3n) is 5.60. The summed E-state index contributed by atoms with van der Waals surface area (Å²) in [6.07, 6.45) is 4.34. The molecule has 2 heterocycles. The third-order valence-corrected chi connectivity index (χ3v) is 5.60. The maximum absolute atomic E-state index is 10.3. The molecule has 2 aromatic carbocycles. The van der Waals surface area contributed by atoms with E-state index in [9.17, 15) is 10.2 Å². The number of ether oxygens (including phenoxy) is 2. The van der Waals surface area contributed by atoms with Gasteiger partial charge in [-0.3, -0.25) is 0 Å². The lowest BCUT2D eigenvalue weighted by atomic mass is 9.87. The first kappa shape index (κ1) is 18.2. The number of fused-ring (bicyclic) bond motifs is 2. The van der Waals surface area contributed by atoms with Crippen LogP contribution in [0.2, 0.25) is 0 Å². The van der Waals surface area contributed by atoms with Crippen LogP contribution in [0.4, 0.5) is 0 Å². The Hall–Kier alpha value is -2.16. The number of hydrogen-bond acceptors (Lipinski definition) is 4. The maximum atomic E-state index is 10.3. The van der Waals surface area contributed by atoms with Crippen LogP contribution < -0.4 is 0 Å². The molecule has 4 rings (SSSR count). The Kier molecular flexibility index (Phi) is 4.57. The topological polar surface area (TPSA) is 58.9 Å². The third kappa shape index (κ3) is 3.18. The van der Waals surface area contributed by atoms with Crippen molar-refractivity contribution in [2.45, 2.75) is 57.4 Å². The number of benzene rings is 2. The van der Waals surface area contributed by atoms with E-state index in [-0.39, 0.29) is 6.42 Å². The van der Waals surface area contributed by atoms with Gasteiger partial charge in [-0.1, -0.05) is 35.7 Å². The highest BCUT2D eigenvalue weighted by Gasteiger charge is 2.50. The van der Waals surface area contributed by atoms with Crippen LogP contribution in [-0.4, -0.2) is 28.5 Å². The highest BCUT2D eigenvalue weighted by Crippen LogP contribution is 2.46. The molecule has 4 atom stereocenters. The van der Waals surface area contributed by atoms with Gasteiger partial charge in [0.15, 0.2) is 5.79 Å². The first-order chi connectivity index (χ1) is 12.9. The molecule has 0 radical (unpaired) electrons. The molecule has 2 aliphatic rings. The van der Waals surface area contributed by atoms with Gasteiger partial charge in [0.1, 0.15) is 6.10 Å². The zero-order valence-corrected chi connectivity index (χ0v) is 15.6. The van der Waals surface area contributed by atoms with E-state index in [0.717, 1.165) is 22.3 Å². The van der Waals surface area contributed by atoms with E-state index in [4.69, 9.17) is 15.9 Å². The second-order valence-electron chi connectivity index (χ2n) is 7.60. The largest absolute Gasteiger partial charge is 0.390 e. The van der Waals surface area contributed by atoms with E-state index >= 15 is 0 Å². The molecule has 0 bridgehead atoms. The van der Waals surface area contributed by atoms with Crippen LogP contribution in [0.3, 0.4) is 0 Å². The number of aliphatic hydroxyl groups is 2. The first-order valence-corrected chi connectivity index (χ1v) is 9.28. The molecule has 4 nitrogen and oxygen atoms in total. The molecule has 1 spiro atoms. The monoisotopic (exact) mass is 364 g/mol. The van der Waals surface area contributed by atoms with Crippen molar-refractivity contribution in [2.75, 3.05) is 0 Å². The normalized spacial score (nSPS) is 29.5. The molecule has 0 amide bonds. The number of rotatable bonds is 2. The second-order valence-corrected chi connectivity index (χ2v) is 7.60. The van der Waals surface area contributed by atoms with Crippen LogP contribution in [0, 0.1) is 19.3 Å². The van der Waals surface area contributed by atoms with Gasteiger partial charge in [0.05, 0.1) is 18.8 Å². The lowest BCUT2D eigenvalue weighted by molar-refractivity contribution is -0.318. The number of aliphatic hydroxyl groups excluding tert-OH is 2. The Bertz CT molecular complexity index is 882. The number of aryl methyl sites for hydroxylation is 1. The van der Waals surface area contributed by atoms with Crippen LogP contribution in [0.1, 0.15) is 46.7 Å². The van der Waals surface area contributed by atoms with Gasteiger partial charge in [-0.25, -0.2) is 0 Å². The highest BCUT2D eigenvalue weighted by molar-refractivity contribution is 5.50. The van der Waals surface area contributed by atoms with Gasteiger partial charge in [0, 0.05) is 17.5 Å². The van der Waals surface area contributed by atoms with Gasteiger partial charge < -0.3 is 19.7 Å². The van der Waals surface area contributed by atoms with E-state index < -0.39 is 24.1 Å². The zero-order chi connectivity index (χ0) is 19.2. The van der Waals surface area contributed by atoms with Crippen molar-refractivity contribution < 1.29 is 19.7 Å². The Morgan fingerprint density at radius 1 is 1.22 bits per heavy atom. The summed E-state index contributed by atoms with van der Waals surface area (Å²) in [6, 6.07) is 12.4. The molecule has 2 aliphatic heterocycles. The number of terminal acetylenes is 1. The summed E-state index contributed by atoms with van der Waals surface area (Å²) in [6.45, 7) is 4.19. The second kappa shape index (κ2) is 6.78. The molecular formula is C23H24O4. The zero-order valence-electron chi connectivity index (χ0n) is 15.6. The molecule has 2 unspecified atom stereocenters. The summed E-state index contributed by atoms with van der Waals surface area (Å²) >= 11 is 0. The molecule has 4 heteroatoms. The van der Waals surface area contributed by atoms with Crippen molar-refractivity contribution in [3.05, 3.63) is 69.8 Å². The van der Waals surface area contributed by atoms with E-state index in [0.29, 0.717) is 13.0 Å². The van der Waals surface area contributed by atoms with Crippen LogP contribution in [0.15, 0.2) is 36.4 Å². The van der Waals surface area contributed by atoms with Gasteiger partial charge in [-0.05, 0) is 49.1 Å². The van der Waals surface area contributed by atoms with Crippen molar-refractivity contribution in [3.8, 4) is 12.3 Å². The van der Waals surface area contributed by atoms with Crippen molar-refractivity contribution in [2.24, 2.45) is 0 Å². The van der Waals surface area contributed by atoms with Crippen LogP contribution in [-0.2, 0) is 28.3 Å². The van der Waals surface area contributed by atoms with Gasteiger partial charge in [-0.15, -0.1) is 6.42 Å². The molecule has 0 aliphatic carbocycles. The molecule has 140 valence electrons. The van der Waals surface area contributed by atoms with Gasteiger partial charge in [0.25, 0.3) is 0 Å². The quantitative estimate of drug-likeness (QED) is 0.805. The summed E-state index contributed by atoms with van der Waals surface area (Å²) in [5.41, 5.74) is 6.15. The Morgan fingerprint density at radius 3 is 2.63 bits per heavy atom. The van der Waals surface area contributed by atoms with E-state index in [2.05, 4.69) is 43.2 Å². The minimum atomic E-state index is -1.03. The predicted molar refractivity (Wildman–Crippen MR) is 102 cm³/mol. The summed E-state index contributed by atoms with van der Waals surface area (Å²) in [7, 11) is 0. The molecule has 2 N–H and O–H groups in total. The van der Waals surface area contributed by atoms with Crippen LogP contribution in [0.5, 0.6) is 0 Å². The first-order valence-electron chi connectivity index (χ1n) is 9.28. The minimum Gasteiger partial charge on any atom is -0.390 e. The highest BCUT2D eigenvalue weighted by atomic mass is 16.7. The Labute approximate surface area is 159 Å². The van der Waals surface area contributed by atoms with Gasteiger partial charge in [0.2, 0.25) is 0 Å². The van der Waals surface area contributed by atoms with E-state index in [1.54, 1.807) is 6.92 Å². The SMILES string of the molecule is C#Cc1cc2c(cc1Cc1ccc(C)cc1)[C@]1(CC(O)[C@H](O)C(C)O1)OC2. The van der Waals surface area contributed by atoms with Gasteiger partial charge in [-0.2, -0.15) is 0 Å². The average molecular weight is 364 g/mol. The molecular weight excluding hydrogens is 340 g/mol. The summed E-state index contributed by atoms with van der Waals surface area (Å²) in [5, 5.41) is 20.3. The van der Waals surface area contributed by atoms with Crippen LogP contribution >= 0.6 is 0 Å². The summed E-state index contributed by atoms with van der Waals surface area (Å²) in [5.74, 6) is 1.76. The summed E-state index contributed by atoms with van der Waals surface area (Å²) < 4.78 is 12.1. The fraction of sp³-hybridized carbons (Fsp3) is 0.391. The minimum absolute atomic E-state index is 0.199. The molecule has 0 aromatic heterocycles. The van der Waals surface area contributed by atoms with Crippen molar-refractivity contribution in [1.82, 2.24) is 0 Å². The smallest absolute Gasteiger partial charge is 0.198 e. The lowest BCUT2D eigenvalue weighted by Gasteiger charge is -2.42. The van der Waals surface area contributed by atoms with E-state index in [1.807, 2.05) is 6.07 Å². The predicted octanol–water partition coefficient (Wildman–Crippen LogP) is 2.78. The lowest BCUT2D eigenvalue weighted by Crippen LogP contribution is -2.52. The fourth-order valence-electron chi connectivity index (χ4n) is 4.04. The van der Waals surface area contributed by atoms with E-state index in [1.165, 1.54) is 11.1 Å². The molecule has 2 aromatic rings. The maximum Gasteiger partial charge on any atom is 0.198 e.